The summed E-state index contributed by atoms with van der Waals surface area (Å²) in [5.74, 6) is -9.55. The number of rotatable bonds is 5. The Balaban J connectivity index is 4.54. The van der Waals surface area contributed by atoms with Gasteiger partial charge in [0.25, 0.3) is 0 Å². The maximum Gasteiger partial charge on any atom is 0.449 e. The number of hydrogen-bond acceptors (Lipinski definition) is 5. The number of benzene rings is 1. The van der Waals surface area contributed by atoms with Crippen molar-refractivity contribution >= 4 is 10.1 Å². The summed E-state index contributed by atoms with van der Waals surface area (Å²) in [5, 5.41) is 9.40. The topological polar surface area (TPSA) is 86.7 Å². The Kier molecular flexibility index (Phi) is 8.05. The number of hydrogen-bond donors (Lipinski definition) is 1. The first-order chi connectivity index (χ1) is 16.3. The summed E-state index contributed by atoms with van der Waals surface area (Å²) in [6, 6.07) is -1.22. The lowest BCUT2D eigenvalue weighted by atomic mass is 9.79. The van der Waals surface area contributed by atoms with Crippen molar-refractivity contribution in [2.24, 2.45) is 0 Å². The Hall–Kier alpha value is -2.72. The van der Waals surface area contributed by atoms with Crippen LogP contribution in [0.5, 0.6) is 11.5 Å². The quantitative estimate of drug-likeness (QED) is 0.243. The summed E-state index contributed by atoms with van der Waals surface area (Å²) in [7, 11) is -5.65. The Morgan fingerprint density at radius 2 is 1.03 bits per heavy atom. The van der Waals surface area contributed by atoms with Crippen LogP contribution in [0.15, 0.2) is 34.4 Å². The molecule has 1 rings (SSSR count). The first-order valence-corrected chi connectivity index (χ1v) is 9.69. The van der Waals surface area contributed by atoms with E-state index in [0.29, 0.717) is 0 Å². The second-order valence-electron chi connectivity index (χ2n) is 6.70. The molecule has 220 valence electrons. The van der Waals surface area contributed by atoms with Gasteiger partial charge in [0.2, 0.25) is 5.76 Å². The molecule has 0 saturated carbocycles. The van der Waals surface area contributed by atoms with Crippen molar-refractivity contribution in [1.29, 1.82) is 0 Å². The van der Waals surface area contributed by atoms with Gasteiger partial charge in [-0.1, -0.05) is 0 Å². The van der Waals surface area contributed by atoms with Crippen molar-refractivity contribution in [2.45, 2.75) is 47.1 Å². The maximum atomic E-state index is 14.5. The van der Waals surface area contributed by atoms with Gasteiger partial charge in [0, 0.05) is 6.07 Å². The predicted molar refractivity (Wildman–Crippen MR) is 81.7 cm³/mol. The average molecular weight is 619 g/mol. The molecule has 0 aliphatic heterocycles. The molecule has 0 unspecified atom stereocenters. The molecular formula is C15H4F17O5S-. The number of halogens is 17. The molecular weight excluding hydrogens is 615 g/mol. The molecule has 0 heterocycles. The van der Waals surface area contributed by atoms with Crippen molar-refractivity contribution in [3.05, 3.63) is 29.5 Å². The number of allylic oxidation sites excluding steroid dienone is 2. The minimum atomic E-state index is -8.43. The summed E-state index contributed by atoms with van der Waals surface area (Å²) in [4.78, 5) is -1.64. The third kappa shape index (κ3) is 5.66. The molecule has 0 aliphatic carbocycles. The highest BCUT2D eigenvalue weighted by Gasteiger charge is 2.88. The summed E-state index contributed by atoms with van der Waals surface area (Å²) in [5.41, 5.74) is -22.6. The molecule has 0 amide bonds. The lowest BCUT2D eigenvalue weighted by Gasteiger charge is -2.41. The lowest BCUT2D eigenvalue weighted by molar-refractivity contribution is -0.365. The highest BCUT2D eigenvalue weighted by atomic mass is 32.2. The van der Waals surface area contributed by atoms with Gasteiger partial charge < -0.3 is 14.4 Å². The standard InChI is InChI=1S/C15H5F17O5S/c16-9(12(21,22)23,13(24,25)26)7(10(17,14(27,28)29)15(30,31)32)8(11(18,19)20)37-6-2-1-4(3-5(6)33)38(34,35)36/h1-3,33H,(H,34,35,36)/p-1. The number of ether oxygens (including phenoxy) is 1. The number of phenolic OH excluding ortho intramolecular Hbond substituents is 1. The highest BCUT2D eigenvalue weighted by Crippen LogP contribution is 2.63. The molecule has 38 heavy (non-hydrogen) atoms. The van der Waals surface area contributed by atoms with Crippen molar-refractivity contribution in [3.63, 3.8) is 0 Å². The van der Waals surface area contributed by atoms with Gasteiger partial charge in [-0.15, -0.1) is 0 Å². The Bertz CT molecular complexity index is 1120. The van der Waals surface area contributed by atoms with Crippen molar-refractivity contribution < 1.29 is 97.5 Å². The molecule has 1 aromatic carbocycles. The van der Waals surface area contributed by atoms with Crippen LogP contribution in [0.2, 0.25) is 0 Å². The predicted octanol–water partition coefficient (Wildman–Crippen LogP) is 6.16. The SMILES string of the molecule is O=S(=O)([O-])c1ccc(OC(=C(C(F)(C(F)(F)F)C(F)(F)F)C(F)(C(F)(F)F)C(F)(F)F)C(F)(F)F)c(O)c1. The molecule has 1 N–H and O–H groups in total. The van der Waals surface area contributed by atoms with E-state index in [1.54, 1.807) is 0 Å². The van der Waals surface area contributed by atoms with Crippen molar-refractivity contribution in [3.8, 4) is 11.5 Å². The third-order valence-corrected chi connectivity index (χ3v) is 5.00. The summed E-state index contributed by atoms with van der Waals surface area (Å²) >= 11 is 0. The minimum Gasteiger partial charge on any atom is -0.744 e. The van der Waals surface area contributed by atoms with E-state index in [1.807, 2.05) is 0 Å². The molecule has 0 spiro atoms. The van der Waals surface area contributed by atoms with Crippen molar-refractivity contribution in [2.75, 3.05) is 0 Å². The van der Waals surface area contributed by atoms with Gasteiger partial charge in [-0.25, -0.2) is 17.2 Å². The number of alkyl halides is 17. The highest BCUT2D eigenvalue weighted by molar-refractivity contribution is 7.85. The van der Waals surface area contributed by atoms with Gasteiger partial charge in [0.05, 0.1) is 10.5 Å². The third-order valence-electron chi connectivity index (χ3n) is 4.17. The van der Waals surface area contributed by atoms with Crippen LogP contribution in [0.1, 0.15) is 0 Å². The molecule has 23 heteroatoms. The van der Waals surface area contributed by atoms with Gasteiger partial charge in [-0.3, -0.25) is 0 Å². The molecule has 1 aromatic rings. The van der Waals surface area contributed by atoms with Crippen LogP contribution < -0.4 is 4.74 Å². The zero-order valence-electron chi connectivity index (χ0n) is 16.6. The van der Waals surface area contributed by atoms with Gasteiger partial charge in [0.15, 0.2) is 11.5 Å². The van der Waals surface area contributed by atoms with Crippen LogP contribution >= 0.6 is 0 Å². The monoisotopic (exact) mass is 619 g/mol. The van der Waals surface area contributed by atoms with E-state index in [4.69, 9.17) is 0 Å². The fourth-order valence-corrected chi connectivity index (χ4v) is 3.03. The Labute approximate surface area is 196 Å². The van der Waals surface area contributed by atoms with E-state index in [2.05, 4.69) is 4.74 Å². The summed E-state index contributed by atoms with van der Waals surface area (Å²) < 4.78 is 262. The largest absolute Gasteiger partial charge is 0.744 e. The molecule has 0 radical (unpaired) electrons. The Morgan fingerprint density at radius 3 is 1.26 bits per heavy atom. The second-order valence-corrected chi connectivity index (χ2v) is 8.08. The summed E-state index contributed by atoms with van der Waals surface area (Å²) in [6.45, 7) is 0. The Morgan fingerprint density at radius 1 is 0.684 bits per heavy atom. The first kappa shape index (κ1) is 33.3. The molecule has 5 nitrogen and oxygen atoms in total. The van der Waals surface area contributed by atoms with E-state index in [0.717, 1.165) is 0 Å². The van der Waals surface area contributed by atoms with Crippen LogP contribution in [-0.2, 0) is 10.1 Å². The van der Waals surface area contributed by atoms with E-state index in [1.165, 1.54) is 0 Å². The smallest absolute Gasteiger partial charge is 0.449 e. The fourth-order valence-electron chi connectivity index (χ4n) is 2.54. The van der Waals surface area contributed by atoms with E-state index in [9.17, 15) is 92.7 Å². The van der Waals surface area contributed by atoms with Gasteiger partial charge in [-0.2, -0.15) is 65.9 Å². The maximum absolute atomic E-state index is 14.5. The van der Waals surface area contributed by atoms with Crippen LogP contribution in [0.4, 0.5) is 74.6 Å². The van der Waals surface area contributed by atoms with Crippen LogP contribution in [0.25, 0.3) is 0 Å². The van der Waals surface area contributed by atoms with Gasteiger partial charge in [0.1, 0.15) is 10.1 Å². The van der Waals surface area contributed by atoms with Crippen LogP contribution in [0, 0.1) is 0 Å². The fraction of sp³-hybridized carbons (Fsp3) is 0.467. The second kappa shape index (κ2) is 9.19. The van der Waals surface area contributed by atoms with E-state index in [-0.39, 0.29) is 6.07 Å². The lowest BCUT2D eigenvalue weighted by Crippen LogP contribution is -2.67. The van der Waals surface area contributed by atoms with Crippen LogP contribution in [0.3, 0.4) is 0 Å². The number of phenols is 1. The van der Waals surface area contributed by atoms with E-state index < -0.39 is 92.2 Å². The van der Waals surface area contributed by atoms with Gasteiger partial charge >= 0.3 is 42.2 Å². The molecule has 0 fully saturated rings. The normalized spacial score (nSPS) is 14.9. The number of aromatic hydroxyl groups is 1. The minimum absolute atomic E-state index is 0.252. The zero-order valence-corrected chi connectivity index (χ0v) is 17.5. The molecule has 0 saturated heterocycles. The van der Waals surface area contributed by atoms with E-state index >= 15 is 0 Å². The first-order valence-electron chi connectivity index (χ1n) is 8.29. The van der Waals surface area contributed by atoms with Crippen molar-refractivity contribution in [1.82, 2.24) is 0 Å². The van der Waals surface area contributed by atoms with Gasteiger partial charge in [-0.05, 0) is 12.1 Å². The molecule has 0 aliphatic rings. The zero-order chi connectivity index (χ0) is 30.7. The average Bonchev–Trinajstić information content (AvgIpc) is 2.62. The molecule has 0 aromatic heterocycles. The van der Waals surface area contributed by atoms with Crippen LogP contribution in [-0.4, -0.2) is 60.3 Å². The summed E-state index contributed by atoms with van der Waals surface area (Å²) in [6.07, 6.45) is -40.4. The molecule has 0 atom stereocenters. The molecule has 0 bridgehead atoms.